The average Bonchev–Trinajstić information content (AvgIpc) is 2.92. The number of hydrogen-bond acceptors (Lipinski definition) is 5. The number of ether oxygens (including phenoxy) is 2. The summed E-state index contributed by atoms with van der Waals surface area (Å²) in [7, 11) is 3.29. The number of aromatic nitrogens is 1. The van der Waals surface area contributed by atoms with E-state index in [-0.39, 0.29) is 18.1 Å². The second-order valence-corrected chi connectivity index (χ2v) is 6.36. The number of likely N-dealkylation sites (tertiary alicyclic amines) is 1. The molecule has 0 radical (unpaired) electrons. The molecule has 5 nitrogen and oxygen atoms in total. The highest BCUT2D eigenvalue weighted by molar-refractivity contribution is 7.73. The first-order chi connectivity index (χ1) is 9.05. The van der Waals surface area contributed by atoms with Crippen LogP contribution in [-0.4, -0.2) is 55.3 Å². The molecule has 2 unspecified atom stereocenters. The van der Waals surface area contributed by atoms with Crippen LogP contribution in [0.3, 0.4) is 0 Å². The Morgan fingerprint density at radius 3 is 2.42 bits per heavy atom. The molecule has 106 valence electrons. The molecule has 1 aromatic rings. The fourth-order valence-electron chi connectivity index (χ4n) is 2.25. The fraction of sp³-hybridized carbons (Fsp3) is 0.667. The number of aryl methyl sites for hydroxylation is 1. The molecular weight excluding hydrogens is 284 g/mol. The minimum atomic E-state index is -0.0422. The quantitative estimate of drug-likeness (QED) is 0.857. The maximum absolute atomic E-state index is 12.3. The molecule has 1 N–H and O–H groups in total. The number of rotatable bonds is 4. The van der Waals surface area contributed by atoms with Crippen LogP contribution < -0.4 is 0 Å². The van der Waals surface area contributed by atoms with E-state index in [1.807, 2.05) is 6.92 Å². The molecular formula is C12H18N2O3S2. The van der Waals surface area contributed by atoms with Crippen LogP contribution in [0, 0.1) is 10.9 Å². The third-order valence-corrected chi connectivity index (χ3v) is 4.75. The van der Waals surface area contributed by atoms with E-state index in [0.29, 0.717) is 23.5 Å². The maximum atomic E-state index is 12.3. The number of nitrogens with zero attached hydrogens (tertiary/aromatic N) is 1. The molecule has 0 bridgehead atoms. The van der Waals surface area contributed by atoms with Crippen molar-refractivity contribution in [2.45, 2.75) is 25.6 Å². The molecule has 0 aromatic carbocycles. The zero-order chi connectivity index (χ0) is 14.0. The predicted octanol–water partition coefficient (Wildman–Crippen LogP) is 1.53. The smallest absolute Gasteiger partial charge is 0.228 e. The van der Waals surface area contributed by atoms with Crippen molar-refractivity contribution >= 4 is 29.5 Å². The number of thiazole rings is 1. The maximum Gasteiger partial charge on any atom is 0.228 e. The summed E-state index contributed by atoms with van der Waals surface area (Å²) < 4.78 is 11.4. The van der Waals surface area contributed by atoms with Gasteiger partial charge >= 0.3 is 0 Å². The highest BCUT2D eigenvalue weighted by Gasteiger charge is 2.35. The summed E-state index contributed by atoms with van der Waals surface area (Å²) >= 11 is 6.54. The fourth-order valence-corrected chi connectivity index (χ4v) is 3.54. The summed E-state index contributed by atoms with van der Waals surface area (Å²) in [4.78, 5) is 18.1. The van der Waals surface area contributed by atoms with Gasteiger partial charge in [0.1, 0.15) is 12.2 Å². The second-order valence-electron chi connectivity index (χ2n) is 4.59. The van der Waals surface area contributed by atoms with E-state index in [9.17, 15) is 4.79 Å². The molecule has 2 atom stereocenters. The lowest BCUT2D eigenvalue weighted by atomic mass is 10.3. The van der Waals surface area contributed by atoms with E-state index >= 15 is 0 Å². The number of carbonyl (C=O) groups is 1. The number of methoxy groups -OCH3 is 2. The van der Waals surface area contributed by atoms with Crippen LogP contribution in [0.15, 0.2) is 0 Å². The minimum Gasteiger partial charge on any atom is -0.377 e. The Bertz CT molecular complexity index is 499. The summed E-state index contributed by atoms with van der Waals surface area (Å²) in [5.41, 5.74) is 0.981. The van der Waals surface area contributed by atoms with Crippen molar-refractivity contribution in [3.8, 4) is 0 Å². The lowest BCUT2D eigenvalue weighted by Crippen LogP contribution is -2.31. The van der Waals surface area contributed by atoms with Crippen molar-refractivity contribution < 1.29 is 14.3 Å². The van der Waals surface area contributed by atoms with Crippen molar-refractivity contribution in [1.82, 2.24) is 9.88 Å². The monoisotopic (exact) mass is 302 g/mol. The topological polar surface area (TPSA) is 54.6 Å². The molecule has 1 fully saturated rings. The largest absolute Gasteiger partial charge is 0.377 e. The lowest BCUT2D eigenvalue weighted by Gasteiger charge is -2.15. The Hall–Kier alpha value is -0.760. The van der Waals surface area contributed by atoms with Crippen LogP contribution in [0.25, 0.3) is 0 Å². The van der Waals surface area contributed by atoms with Gasteiger partial charge in [-0.3, -0.25) is 4.79 Å². The Morgan fingerprint density at radius 1 is 1.42 bits per heavy atom. The molecule has 0 aliphatic carbocycles. The molecule has 19 heavy (non-hydrogen) atoms. The number of hydrogen-bond donors (Lipinski definition) is 1. The van der Waals surface area contributed by atoms with E-state index in [1.165, 1.54) is 11.3 Å². The van der Waals surface area contributed by atoms with E-state index in [4.69, 9.17) is 21.7 Å². The standard InChI is InChI=1S/C12H18N2O3S2/c1-7-10(19-12(18)13-7)4-11(15)14-5-8(16-2)9(6-14)17-3/h8-9H,4-6H2,1-3H3,(H,13,18). The molecule has 2 rings (SSSR count). The van der Waals surface area contributed by atoms with Gasteiger partial charge in [0.15, 0.2) is 3.95 Å². The molecule has 1 aromatic heterocycles. The third-order valence-electron chi connectivity index (χ3n) is 3.41. The molecule has 1 aliphatic heterocycles. The van der Waals surface area contributed by atoms with Crippen LogP contribution in [0.5, 0.6) is 0 Å². The van der Waals surface area contributed by atoms with Crippen LogP contribution in [0.4, 0.5) is 0 Å². The first kappa shape index (κ1) is 14.6. The molecule has 1 aliphatic rings. The van der Waals surface area contributed by atoms with E-state index in [1.54, 1.807) is 19.1 Å². The van der Waals surface area contributed by atoms with Gasteiger partial charge in [0.2, 0.25) is 5.91 Å². The van der Waals surface area contributed by atoms with Crippen molar-refractivity contribution in [2.75, 3.05) is 27.3 Å². The van der Waals surface area contributed by atoms with Gasteiger partial charge in [0.05, 0.1) is 6.42 Å². The summed E-state index contributed by atoms with van der Waals surface area (Å²) in [6, 6.07) is 0. The SMILES string of the molecule is COC1CN(C(=O)Cc2sc(=S)[nH]c2C)CC1OC. The van der Waals surface area contributed by atoms with Gasteiger partial charge in [-0.15, -0.1) is 11.3 Å². The first-order valence-electron chi connectivity index (χ1n) is 6.07. The Labute approximate surface area is 121 Å². The zero-order valence-corrected chi connectivity index (χ0v) is 12.9. The molecule has 2 heterocycles. The number of carbonyl (C=O) groups excluding carboxylic acids is 1. The van der Waals surface area contributed by atoms with E-state index in [2.05, 4.69) is 4.98 Å². The summed E-state index contributed by atoms with van der Waals surface area (Å²) in [5.74, 6) is 0.0925. The van der Waals surface area contributed by atoms with E-state index in [0.717, 1.165) is 10.6 Å². The first-order valence-corrected chi connectivity index (χ1v) is 7.29. The number of aromatic amines is 1. The molecule has 1 amide bonds. The number of nitrogens with one attached hydrogen (secondary N) is 1. The van der Waals surface area contributed by atoms with Crippen molar-refractivity contribution in [2.24, 2.45) is 0 Å². The van der Waals surface area contributed by atoms with Crippen LogP contribution in [0.1, 0.15) is 10.6 Å². The van der Waals surface area contributed by atoms with Gasteiger partial charge in [-0.2, -0.15) is 0 Å². The Balaban J connectivity index is 2.01. The number of H-pyrrole nitrogens is 1. The van der Waals surface area contributed by atoms with Gasteiger partial charge in [-0.05, 0) is 19.1 Å². The summed E-state index contributed by atoms with van der Waals surface area (Å²) in [6.07, 6.45) is 0.301. The highest BCUT2D eigenvalue weighted by atomic mass is 32.1. The Morgan fingerprint density at radius 2 is 2.00 bits per heavy atom. The van der Waals surface area contributed by atoms with Gasteiger partial charge in [0, 0.05) is 37.9 Å². The average molecular weight is 302 g/mol. The van der Waals surface area contributed by atoms with Crippen molar-refractivity contribution in [3.63, 3.8) is 0 Å². The minimum absolute atomic E-state index is 0.0422. The lowest BCUT2D eigenvalue weighted by molar-refractivity contribution is -0.130. The molecule has 0 spiro atoms. The Kier molecular flexibility index (Phi) is 4.72. The van der Waals surface area contributed by atoms with Gasteiger partial charge in [-0.1, -0.05) is 0 Å². The molecule has 1 saturated heterocycles. The summed E-state index contributed by atoms with van der Waals surface area (Å²) in [6.45, 7) is 3.11. The zero-order valence-electron chi connectivity index (χ0n) is 11.3. The predicted molar refractivity (Wildman–Crippen MR) is 76.1 cm³/mol. The third kappa shape index (κ3) is 3.22. The highest BCUT2D eigenvalue weighted by Crippen LogP contribution is 2.20. The molecule has 7 heteroatoms. The van der Waals surface area contributed by atoms with Crippen LogP contribution >= 0.6 is 23.6 Å². The normalized spacial score (nSPS) is 23.0. The number of amides is 1. The van der Waals surface area contributed by atoms with Crippen molar-refractivity contribution in [1.29, 1.82) is 0 Å². The van der Waals surface area contributed by atoms with Crippen LogP contribution in [0.2, 0.25) is 0 Å². The van der Waals surface area contributed by atoms with Crippen LogP contribution in [-0.2, 0) is 20.7 Å². The summed E-state index contributed by atoms with van der Waals surface area (Å²) in [5, 5.41) is 0. The second kappa shape index (κ2) is 6.13. The van der Waals surface area contributed by atoms with Gasteiger partial charge in [0.25, 0.3) is 0 Å². The van der Waals surface area contributed by atoms with E-state index < -0.39 is 0 Å². The van der Waals surface area contributed by atoms with Crippen molar-refractivity contribution in [3.05, 3.63) is 14.5 Å². The van der Waals surface area contributed by atoms with Gasteiger partial charge < -0.3 is 19.4 Å². The van der Waals surface area contributed by atoms with Gasteiger partial charge in [-0.25, -0.2) is 0 Å². The molecule has 0 saturated carbocycles.